The van der Waals surface area contributed by atoms with Crippen LogP contribution in [0.1, 0.15) is 13.3 Å². The summed E-state index contributed by atoms with van der Waals surface area (Å²) in [4.78, 5) is 22.8. The van der Waals surface area contributed by atoms with E-state index >= 15 is 0 Å². The van der Waals surface area contributed by atoms with E-state index in [1.165, 1.54) is 0 Å². The SMILES string of the molecule is C=C(C)C(=O)OCCC(=O)OCC12C(F)(F)C3(F)C(F)(F)C(F)(C(F)(F)C(F)(C3(F)F)C1(F)F)C2(F)F. The van der Waals surface area contributed by atoms with Crippen LogP contribution in [0.3, 0.4) is 0 Å². The lowest BCUT2D eigenvalue weighted by molar-refractivity contribution is -0.613. The first-order valence-electron chi connectivity index (χ1n) is 9.54. The van der Waals surface area contributed by atoms with Crippen LogP contribution in [0.15, 0.2) is 12.2 Å². The summed E-state index contributed by atoms with van der Waals surface area (Å²) in [7, 11) is 0. The number of halogens is 15. The summed E-state index contributed by atoms with van der Waals surface area (Å²) in [6.45, 7) is -0.620. The predicted molar refractivity (Wildman–Crippen MR) is 85.0 cm³/mol. The summed E-state index contributed by atoms with van der Waals surface area (Å²) in [5, 5.41) is 0. The van der Waals surface area contributed by atoms with E-state index in [1.54, 1.807) is 0 Å². The fourth-order valence-corrected chi connectivity index (χ4v) is 4.84. The molecule has 4 nitrogen and oxygen atoms in total. The van der Waals surface area contributed by atoms with Gasteiger partial charge in [0.2, 0.25) is 5.41 Å². The Balaban J connectivity index is 2.22. The molecule has 0 aliphatic heterocycles. The Hall–Kier alpha value is -2.37. The maximum Gasteiger partial charge on any atom is 0.339 e. The highest BCUT2D eigenvalue weighted by atomic mass is 19.3. The minimum Gasteiger partial charge on any atom is -0.464 e. The Morgan fingerprint density at radius 3 is 1.22 bits per heavy atom. The van der Waals surface area contributed by atoms with Gasteiger partial charge in [-0.3, -0.25) is 4.79 Å². The van der Waals surface area contributed by atoms with Gasteiger partial charge in [-0.25, -0.2) is 44.3 Å². The number of alkyl halides is 15. The van der Waals surface area contributed by atoms with Gasteiger partial charge >= 0.3 is 64.5 Å². The van der Waals surface area contributed by atoms with Crippen LogP contribution >= 0.6 is 0 Å². The molecule has 4 aliphatic rings. The molecule has 0 aromatic rings. The molecule has 4 fully saturated rings. The molecule has 0 N–H and O–H groups in total. The van der Waals surface area contributed by atoms with E-state index in [1.807, 2.05) is 0 Å². The molecule has 0 radical (unpaired) electrons. The Labute approximate surface area is 194 Å². The number of hydrogen-bond donors (Lipinski definition) is 0. The molecular formula is C18H11F15O4. The van der Waals surface area contributed by atoms with Gasteiger partial charge in [0.05, 0.1) is 6.42 Å². The van der Waals surface area contributed by atoms with Gasteiger partial charge in [0.1, 0.15) is 13.2 Å². The monoisotopic (exact) mass is 576 g/mol. The average Bonchev–Trinajstić information content (AvgIpc) is 2.73. The van der Waals surface area contributed by atoms with Gasteiger partial charge in [-0.1, -0.05) is 6.58 Å². The number of esters is 2. The van der Waals surface area contributed by atoms with Crippen molar-refractivity contribution in [1.29, 1.82) is 0 Å². The fraction of sp³-hybridized carbons (Fsp3) is 0.778. The average molecular weight is 576 g/mol. The minimum atomic E-state index is -7.91. The molecule has 0 aromatic carbocycles. The van der Waals surface area contributed by atoms with Gasteiger partial charge in [0.25, 0.3) is 0 Å². The smallest absolute Gasteiger partial charge is 0.339 e. The van der Waals surface area contributed by atoms with E-state index in [-0.39, 0.29) is 5.57 Å². The van der Waals surface area contributed by atoms with Crippen LogP contribution in [0.2, 0.25) is 0 Å². The zero-order chi connectivity index (χ0) is 29.3. The third-order valence-corrected chi connectivity index (χ3v) is 6.84. The molecule has 212 valence electrons. The van der Waals surface area contributed by atoms with E-state index < -0.39 is 89.5 Å². The number of carbonyl (C=O) groups is 2. The number of rotatable bonds is 6. The second-order valence-corrected chi connectivity index (χ2v) is 8.65. The van der Waals surface area contributed by atoms with Crippen molar-refractivity contribution < 1.29 is 84.9 Å². The van der Waals surface area contributed by atoms with Crippen molar-refractivity contribution in [2.24, 2.45) is 5.41 Å². The Morgan fingerprint density at radius 1 is 0.595 bits per heavy atom. The van der Waals surface area contributed by atoms with E-state index in [9.17, 15) is 75.4 Å². The molecule has 0 saturated heterocycles. The highest BCUT2D eigenvalue weighted by molar-refractivity contribution is 5.87. The lowest BCUT2D eigenvalue weighted by Crippen LogP contribution is -3.08. The van der Waals surface area contributed by atoms with E-state index in [4.69, 9.17) is 0 Å². The van der Waals surface area contributed by atoms with E-state index in [0.29, 0.717) is 0 Å². The second-order valence-electron chi connectivity index (χ2n) is 8.65. The number of hydrogen-bond acceptors (Lipinski definition) is 4. The van der Waals surface area contributed by atoms with Crippen molar-refractivity contribution in [2.75, 3.05) is 13.2 Å². The van der Waals surface area contributed by atoms with Gasteiger partial charge in [-0.05, 0) is 6.92 Å². The van der Waals surface area contributed by atoms with Crippen LogP contribution in [-0.2, 0) is 19.1 Å². The molecule has 0 aromatic heterocycles. The Morgan fingerprint density at radius 2 is 0.919 bits per heavy atom. The molecule has 37 heavy (non-hydrogen) atoms. The van der Waals surface area contributed by atoms with Crippen molar-refractivity contribution in [3.63, 3.8) is 0 Å². The molecule has 0 unspecified atom stereocenters. The summed E-state index contributed by atoms with van der Waals surface area (Å²) in [6, 6.07) is 0. The largest absolute Gasteiger partial charge is 0.464 e. The number of carbonyl (C=O) groups excluding carboxylic acids is 2. The summed E-state index contributed by atoms with van der Waals surface area (Å²) in [5.74, 6) is -50.1. The van der Waals surface area contributed by atoms with Crippen molar-refractivity contribution in [3.05, 3.63) is 12.2 Å². The highest BCUT2D eigenvalue weighted by Crippen LogP contribution is 2.90. The van der Waals surface area contributed by atoms with E-state index in [0.717, 1.165) is 6.92 Å². The Kier molecular flexibility index (Phi) is 5.51. The lowest BCUT2D eigenvalue weighted by Gasteiger charge is -2.75. The molecule has 0 amide bonds. The first-order chi connectivity index (χ1) is 16.2. The van der Waals surface area contributed by atoms with E-state index in [2.05, 4.69) is 16.1 Å². The van der Waals surface area contributed by atoms with Crippen molar-refractivity contribution in [2.45, 2.75) is 65.9 Å². The maximum atomic E-state index is 14.9. The second kappa shape index (κ2) is 6.98. The van der Waals surface area contributed by atoms with Crippen molar-refractivity contribution >= 4 is 11.9 Å². The molecule has 0 spiro atoms. The van der Waals surface area contributed by atoms with Crippen molar-refractivity contribution in [1.82, 2.24) is 0 Å². The standard InChI is InChI=1S/C18H11F15O4/c1-6(2)8(35)36-4-3-7(34)37-5-9-13(22,23)10(19)16(28,29)11(20,14(9,24)25)18(32,33)12(21,15(9,26)27)17(10,30)31/h1,3-5H2,2H3. The molecule has 4 aliphatic carbocycles. The quantitative estimate of drug-likeness (QED) is 0.254. The van der Waals surface area contributed by atoms with Crippen LogP contribution in [0.4, 0.5) is 65.9 Å². The van der Waals surface area contributed by atoms with Crippen molar-refractivity contribution in [3.8, 4) is 0 Å². The minimum absolute atomic E-state index is 0.307. The zero-order valence-electron chi connectivity index (χ0n) is 17.6. The predicted octanol–water partition coefficient (Wildman–Crippen LogP) is 5.00. The summed E-state index contributed by atoms with van der Waals surface area (Å²) in [5.41, 5.74) is -30.4. The molecule has 19 heteroatoms. The molecule has 4 saturated carbocycles. The topological polar surface area (TPSA) is 52.6 Å². The molecule has 0 heterocycles. The third kappa shape index (κ3) is 2.27. The van der Waals surface area contributed by atoms with Crippen LogP contribution < -0.4 is 0 Å². The normalized spacial score (nSPS) is 40.6. The first-order valence-corrected chi connectivity index (χ1v) is 9.54. The molecule has 4 bridgehead atoms. The van der Waals surface area contributed by atoms with Crippen LogP contribution in [0, 0.1) is 5.41 Å². The molecule has 0 atom stereocenters. The highest BCUT2D eigenvalue weighted by Gasteiger charge is 3.22. The Bertz CT molecular complexity index is 954. The summed E-state index contributed by atoms with van der Waals surface area (Å²) >= 11 is 0. The zero-order valence-corrected chi connectivity index (χ0v) is 17.6. The van der Waals surface area contributed by atoms with Crippen LogP contribution in [0.25, 0.3) is 0 Å². The lowest BCUT2D eigenvalue weighted by atomic mass is 9.36. The molecule has 4 rings (SSSR count). The van der Waals surface area contributed by atoms with Crippen LogP contribution in [0.5, 0.6) is 0 Å². The summed E-state index contributed by atoms with van der Waals surface area (Å²) < 4.78 is 228. The van der Waals surface area contributed by atoms with Gasteiger partial charge in [0, 0.05) is 5.57 Å². The third-order valence-electron chi connectivity index (χ3n) is 6.84. The van der Waals surface area contributed by atoms with Gasteiger partial charge in [-0.2, -0.15) is 26.3 Å². The summed E-state index contributed by atoms with van der Waals surface area (Å²) in [6.07, 6.45) is -1.41. The van der Waals surface area contributed by atoms with Crippen LogP contribution in [-0.4, -0.2) is 77.7 Å². The molecular weight excluding hydrogens is 565 g/mol. The first kappa shape index (κ1) is 29.2. The van der Waals surface area contributed by atoms with Gasteiger partial charge in [-0.15, -0.1) is 0 Å². The number of ether oxygens (including phenoxy) is 2. The maximum absolute atomic E-state index is 14.9. The van der Waals surface area contributed by atoms with Gasteiger partial charge < -0.3 is 9.47 Å². The fourth-order valence-electron chi connectivity index (χ4n) is 4.84. The van der Waals surface area contributed by atoms with Gasteiger partial charge in [0.15, 0.2) is 0 Å².